The Morgan fingerprint density at radius 1 is 1.22 bits per heavy atom. The van der Waals surface area contributed by atoms with Crippen LogP contribution in [0.3, 0.4) is 0 Å². The van der Waals surface area contributed by atoms with Crippen molar-refractivity contribution in [1.29, 1.82) is 0 Å². The molecule has 2 N–H and O–H groups in total. The molecule has 0 bridgehead atoms. The molecule has 1 amide bonds. The van der Waals surface area contributed by atoms with Crippen LogP contribution in [0.15, 0.2) is 0 Å². The molecule has 4 nitrogen and oxygen atoms in total. The van der Waals surface area contributed by atoms with Crippen LogP contribution >= 0.6 is 0 Å². The summed E-state index contributed by atoms with van der Waals surface area (Å²) in [4.78, 5) is 14.0. The number of aliphatic hydroxyl groups excluding tert-OH is 1. The maximum Gasteiger partial charge on any atom is 0.236 e. The van der Waals surface area contributed by atoms with Crippen molar-refractivity contribution in [2.24, 2.45) is 5.41 Å². The second-order valence-corrected chi connectivity index (χ2v) is 6.04. The minimum atomic E-state index is 0.0494. The second kappa shape index (κ2) is 7.74. The monoisotopic (exact) mass is 256 g/mol. The summed E-state index contributed by atoms with van der Waals surface area (Å²) in [6.07, 6.45) is 5.54. The third-order valence-corrected chi connectivity index (χ3v) is 3.63. The minimum absolute atomic E-state index is 0.0494. The molecular formula is C14H28N2O2. The first kappa shape index (κ1) is 15.4. The molecular weight excluding hydrogens is 228 g/mol. The molecule has 1 aliphatic heterocycles. The third-order valence-electron chi connectivity index (χ3n) is 3.63. The summed E-state index contributed by atoms with van der Waals surface area (Å²) < 4.78 is 0. The van der Waals surface area contributed by atoms with E-state index < -0.39 is 0 Å². The van der Waals surface area contributed by atoms with E-state index in [1.54, 1.807) is 0 Å². The van der Waals surface area contributed by atoms with Crippen molar-refractivity contribution in [2.45, 2.75) is 46.0 Å². The fraction of sp³-hybridized carbons (Fsp3) is 0.929. The number of nitrogens with zero attached hydrogens (tertiary/aromatic N) is 1. The van der Waals surface area contributed by atoms with Gasteiger partial charge in [0.2, 0.25) is 5.91 Å². The number of amides is 1. The highest BCUT2D eigenvalue weighted by Gasteiger charge is 2.19. The number of carbonyl (C=O) groups is 1. The average molecular weight is 256 g/mol. The topological polar surface area (TPSA) is 52.6 Å². The minimum Gasteiger partial charge on any atom is -0.396 e. The number of hydrogen-bond donors (Lipinski definition) is 2. The van der Waals surface area contributed by atoms with Crippen molar-refractivity contribution < 1.29 is 9.90 Å². The predicted octanol–water partition coefficient (Wildman–Crippen LogP) is 1.39. The maximum atomic E-state index is 12.0. The molecule has 0 aliphatic carbocycles. The van der Waals surface area contributed by atoms with Gasteiger partial charge in [-0.2, -0.15) is 0 Å². The van der Waals surface area contributed by atoms with E-state index in [0.717, 1.165) is 38.9 Å². The summed E-state index contributed by atoms with van der Waals surface area (Å²) in [7, 11) is 0. The van der Waals surface area contributed by atoms with Gasteiger partial charge in [0.1, 0.15) is 0 Å². The lowest BCUT2D eigenvalue weighted by molar-refractivity contribution is -0.130. The van der Waals surface area contributed by atoms with E-state index >= 15 is 0 Å². The fourth-order valence-electron chi connectivity index (χ4n) is 2.33. The average Bonchev–Trinajstić information content (AvgIpc) is 2.56. The van der Waals surface area contributed by atoms with Gasteiger partial charge in [-0.25, -0.2) is 0 Å². The van der Waals surface area contributed by atoms with E-state index in [2.05, 4.69) is 19.2 Å². The Bertz CT molecular complexity index is 246. The molecule has 4 heteroatoms. The number of rotatable bonds is 6. The van der Waals surface area contributed by atoms with Crippen LogP contribution in [0.2, 0.25) is 0 Å². The first-order valence-corrected chi connectivity index (χ1v) is 7.14. The summed E-state index contributed by atoms with van der Waals surface area (Å²) in [5.41, 5.74) is 0.0494. The Morgan fingerprint density at radius 2 is 1.83 bits per heavy atom. The van der Waals surface area contributed by atoms with Gasteiger partial charge >= 0.3 is 0 Å². The van der Waals surface area contributed by atoms with Gasteiger partial charge in [0.05, 0.1) is 6.54 Å². The van der Waals surface area contributed by atoms with E-state index in [4.69, 9.17) is 5.11 Å². The number of aliphatic hydroxyl groups is 1. The summed E-state index contributed by atoms with van der Waals surface area (Å²) >= 11 is 0. The molecule has 1 heterocycles. The molecule has 0 saturated carbocycles. The molecule has 0 spiro atoms. The number of hydrogen-bond acceptors (Lipinski definition) is 3. The van der Waals surface area contributed by atoms with Crippen LogP contribution in [0.4, 0.5) is 0 Å². The van der Waals surface area contributed by atoms with Crippen LogP contribution < -0.4 is 5.32 Å². The first-order valence-electron chi connectivity index (χ1n) is 7.14. The summed E-state index contributed by atoms with van der Waals surface area (Å²) in [5, 5.41) is 12.2. The van der Waals surface area contributed by atoms with E-state index in [9.17, 15) is 4.79 Å². The number of likely N-dealkylation sites (tertiary alicyclic amines) is 1. The van der Waals surface area contributed by atoms with Crippen molar-refractivity contribution >= 4 is 5.91 Å². The van der Waals surface area contributed by atoms with Gasteiger partial charge in [-0.05, 0) is 24.7 Å². The van der Waals surface area contributed by atoms with E-state index in [-0.39, 0.29) is 17.9 Å². The van der Waals surface area contributed by atoms with E-state index in [1.165, 1.54) is 12.8 Å². The standard InChI is InChI=1S/C14H28N2O2/c1-14(2,7-10-17)12-15-11-13(18)16-8-5-3-4-6-9-16/h15,17H,3-12H2,1-2H3. The van der Waals surface area contributed by atoms with Gasteiger partial charge in [-0.15, -0.1) is 0 Å². The van der Waals surface area contributed by atoms with Crippen LogP contribution in [0.1, 0.15) is 46.0 Å². The number of nitrogens with one attached hydrogen (secondary N) is 1. The zero-order valence-electron chi connectivity index (χ0n) is 11.9. The first-order chi connectivity index (χ1) is 8.55. The molecule has 0 radical (unpaired) electrons. The summed E-state index contributed by atoms with van der Waals surface area (Å²) in [6, 6.07) is 0. The Hall–Kier alpha value is -0.610. The predicted molar refractivity (Wildman–Crippen MR) is 73.4 cm³/mol. The van der Waals surface area contributed by atoms with E-state index in [1.807, 2.05) is 4.90 Å². The van der Waals surface area contributed by atoms with Gasteiger partial charge in [-0.3, -0.25) is 4.79 Å². The van der Waals surface area contributed by atoms with Gasteiger partial charge in [0, 0.05) is 26.2 Å². The molecule has 1 aliphatic rings. The van der Waals surface area contributed by atoms with Crippen LogP contribution in [0, 0.1) is 5.41 Å². The molecule has 106 valence electrons. The lowest BCUT2D eigenvalue weighted by atomic mass is 9.90. The van der Waals surface area contributed by atoms with Crippen LogP contribution in [0.25, 0.3) is 0 Å². The van der Waals surface area contributed by atoms with Crippen LogP contribution in [-0.4, -0.2) is 48.7 Å². The molecule has 0 aromatic carbocycles. The molecule has 1 saturated heterocycles. The lowest BCUT2D eigenvalue weighted by Crippen LogP contribution is -2.41. The zero-order valence-corrected chi connectivity index (χ0v) is 11.9. The molecule has 1 fully saturated rings. The van der Waals surface area contributed by atoms with E-state index in [0.29, 0.717) is 6.54 Å². The fourth-order valence-corrected chi connectivity index (χ4v) is 2.33. The van der Waals surface area contributed by atoms with Crippen molar-refractivity contribution in [2.75, 3.05) is 32.8 Å². The highest BCUT2D eigenvalue weighted by atomic mass is 16.3. The smallest absolute Gasteiger partial charge is 0.236 e. The van der Waals surface area contributed by atoms with Crippen LogP contribution in [0.5, 0.6) is 0 Å². The lowest BCUT2D eigenvalue weighted by Gasteiger charge is -2.25. The van der Waals surface area contributed by atoms with Gasteiger partial charge < -0.3 is 15.3 Å². The van der Waals surface area contributed by atoms with Gasteiger partial charge in [-0.1, -0.05) is 26.7 Å². The quantitative estimate of drug-likeness (QED) is 0.755. The Labute approximate surface area is 111 Å². The van der Waals surface area contributed by atoms with Crippen molar-refractivity contribution in [3.63, 3.8) is 0 Å². The Balaban J connectivity index is 2.23. The van der Waals surface area contributed by atoms with Crippen molar-refractivity contribution in [3.8, 4) is 0 Å². The molecule has 18 heavy (non-hydrogen) atoms. The third kappa shape index (κ3) is 5.83. The second-order valence-electron chi connectivity index (χ2n) is 6.04. The molecule has 1 rings (SSSR count). The molecule has 0 aromatic heterocycles. The number of carbonyl (C=O) groups excluding carboxylic acids is 1. The SMILES string of the molecule is CC(C)(CCO)CNCC(=O)N1CCCCCC1. The highest BCUT2D eigenvalue weighted by molar-refractivity contribution is 5.78. The van der Waals surface area contributed by atoms with Gasteiger partial charge in [0.25, 0.3) is 0 Å². The maximum absolute atomic E-state index is 12.0. The summed E-state index contributed by atoms with van der Waals surface area (Å²) in [5.74, 6) is 0.219. The summed E-state index contributed by atoms with van der Waals surface area (Å²) in [6.45, 7) is 7.44. The molecule has 0 unspecified atom stereocenters. The molecule has 0 aromatic rings. The zero-order chi connectivity index (χ0) is 13.4. The Morgan fingerprint density at radius 3 is 2.39 bits per heavy atom. The van der Waals surface area contributed by atoms with Gasteiger partial charge in [0.15, 0.2) is 0 Å². The normalized spacial score (nSPS) is 17.6. The van der Waals surface area contributed by atoms with Crippen LogP contribution in [-0.2, 0) is 4.79 Å². The highest BCUT2D eigenvalue weighted by Crippen LogP contribution is 2.17. The largest absolute Gasteiger partial charge is 0.396 e. The molecule has 0 atom stereocenters. The van der Waals surface area contributed by atoms with Crippen molar-refractivity contribution in [3.05, 3.63) is 0 Å². The van der Waals surface area contributed by atoms with Crippen molar-refractivity contribution in [1.82, 2.24) is 10.2 Å². The Kier molecular flexibility index (Phi) is 6.65.